The molecule has 1 amide bonds. The molecular weight excluding hydrogens is 378 g/mol. The number of carbonyl (C=O) groups is 1. The highest BCUT2D eigenvalue weighted by Gasteiger charge is 2.17. The average Bonchev–Trinajstić information content (AvgIpc) is 3.37. The van der Waals surface area contributed by atoms with E-state index in [4.69, 9.17) is 19.9 Å². The molecule has 138 valence electrons. The van der Waals surface area contributed by atoms with Crippen molar-refractivity contribution in [1.29, 1.82) is 0 Å². The number of nitrogens with two attached hydrogens (primary N) is 1. The van der Waals surface area contributed by atoms with Gasteiger partial charge in [-0.1, -0.05) is 17.2 Å². The van der Waals surface area contributed by atoms with Crippen molar-refractivity contribution in [2.75, 3.05) is 17.7 Å². The monoisotopic (exact) mass is 391 g/mol. The molecule has 1 aliphatic heterocycles. The highest BCUT2D eigenvalue weighted by Crippen LogP contribution is 2.35. The first kappa shape index (κ1) is 16.5. The molecule has 4 aromatic rings. The van der Waals surface area contributed by atoms with Crippen LogP contribution in [0.15, 0.2) is 52.3 Å². The fourth-order valence-corrected chi connectivity index (χ4v) is 3.74. The molecule has 0 aliphatic carbocycles. The Hall–Kier alpha value is -3.72. The molecule has 0 atom stereocenters. The summed E-state index contributed by atoms with van der Waals surface area (Å²) in [5.74, 6) is 0.856. The van der Waals surface area contributed by atoms with Crippen LogP contribution < -0.4 is 15.8 Å². The Morgan fingerprint density at radius 1 is 1.07 bits per heavy atom. The predicted molar refractivity (Wildman–Crippen MR) is 105 cm³/mol. The number of ether oxygens (including phenoxy) is 1. The van der Waals surface area contributed by atoms with Crippen LogP contribution in [0.3, 0.4) is 0 Å². The number of thiazole rings is 1. The van der Waals surface area contributed by atoms with Crippen LogP contribution in [0.4, 0.5) is 11.7 Å². The number of nitrogens with zero attached hydrogens (tertiary/aromatic N) is 3. The second-order valence-corrected chi connectivity index (χ2v) is 6.97. The van der Waals surface area contributed by atoms with Gasteiger partial charge in [0.05, 0.1) is 11.4 Å². The number of hydrogen-bond acceptors (Lipinski definition) is 8. The Kier molecular flexibility index (Phi) is 3.80. The van der Waals surface area contributed by atoms with Gasteiger partial charge in [-0.25, -0.2) is 4.98 Å². The van der Waals surface area contributed by atoms with E-state index in [1.165, 1.54) is 11.3 Å². The van der Waals surface area contributed by atoms with E-state index >= 15 is 0 Å². The number of nitrogen functional groups attached to an aromatic ring is 1. The van der Waals surface area contributed by atoms with Gasteiger partial charge < -0.3 is 20.2 Å². The summed E-state index contributed by atoms with van der Waals surface area (Å²) in [6, 6.07) is 13.3. The number of carbonyl (C=O) groups excluding carboxylic acids is 1. The van der Waals surface area contributed by atoms with Crippen LogP contribution in [-0.4, -0.2) is 27.7 Å². The average molecular weight is 391 g/mol. The van der Waals surface area contributed by atoms with E-state index in [9.17, 15) is 4.79 Å². The Morgan fingerprint density at radius 3 is 2.82 bits per heavy atom. The number of rotatable bonds is 3. The van der Waals surface area contributed by atoms with Gasteiger partial charge in [0.1, 0.15) is 10.8 Å². The number of hydrogen-bond donors (Lipinski definition) is 2. The highest BCUT2D eigenvalue weighted by molar-refractivity contribution is 7.13. The highest BCUT2D eigenvalue weighted by atomic mass is 32.1. The van der Waals surface area contributed by atoms with Crippen molar-refractivity contribution in [2.24, 2.45) is 0 Å². The molecule has 0 spiro atoms. The lowest BCUT2D eigenvalue weighted by Gasteiger charge is -2.18. The molecule has 0 fully saturated rings. The van der Waals surface area contributed by atoms with Crippen LogP contribution in [0.5, 0.6) is 5.75 Å². The van der Waals surface area contributed by atoms with Crippen molar-refractivity contribution >= 4 is 28.9 Å². The van der Waals surface area contributed by atoms with Gasteiger partial charge >= 0.3 is 6.01 Å². The van der Waals surface area contributed by atoms with Crippen molar-refractivity contribution in [1.82, 2.24) is 15.2 Å². The first-order valence-electron chi connectivity index (χ1n) is 8.38. The lowest BCUT2D eigenvalue weighted by atomic mass is 10.1. The number of fused-ring (bicyclic) bond motifs is 1. The maximum atomic E-state index is 11.5. The minimum absolute atomic E-state index is 0.0282. The van der Waals surface area contributed by atoms with Gasteiger partial charge in [0.2, 0.25) is 5.89 Å². The fraction of sp³-hybridized carbons (Fsp3) is 0.0526. The first-order chi connectivity index (χ1) is 13.7. The molecule has 0 bridgehead atoms. The number of amides is 1. The predicted octanol–water partition coefficient (Wildman–Crippen LogP) is 3.44. The van der Waals surface area contributed by atoms with E-state index in [1.54, 1.807) is 0 Å². The Labute approximate surface area is 163 Å². The SMILES string of the molecule is Nc1nnc(-c2cccc(-c3nc(-c4ccc5c(c4)NC(=O)CO5)cs3)c2)o1. The quantitative estimate of drug-likeness (QED) is 0.549. The van der Waals surface area contributed by atoms with Crippen molar-refractivity contribution < 1.29 is 13.9 Å². The maximum absolute atomic E-state index is 11.5. The minimum atomic E-state index is -0.165. The van der Waals surface area contributed by atoms with Crippen LogP contribution >= 0.6 is 11.3 Å². The molecule has 8 nitrogen and oxygen atoms in total. The Bertz CT molecular complexity index is 1200. The Morgan fingerprint density at radius 2 is 1.96 bits per heavy atom. The molecule has 3 heterocycles. The molecule has 9 heteroatoms. The molecule has 1 aliphatic rings. The third kappa shape index (κ3) is 2.97. The molecule has 0 saturated carbocycles. The van der Waals surface area contributed by atoms with Crippen LogP contribution in [0, 0.1) is 0 Å². The lowest BCUT2D eigenvalue weighted by molar-refractivity contribution is -0.118. The second-order valence-electron chi connectivity index (χ2n) is 6.11. The summed E-state index contributed by atoms with van der Waals surface area (Å²) in [7, 11) is 0. The number of nitrogens with one attached hydrogen (secondary N) is 1. The summed E-state index contributed by atoms with van der Waals surface area (Å²) in [5.41, 5.74) is 9.57. The molecule has 28 heavy (non-hydrogen) atoms. The maximum Gasteiger partial charge on any atom is 0.313 e. The molecule has 3 N–H and O–H groups in total. The van der Waals surface area contributed by atoms with Gasteiger partial charge in [-0.05, 0) is 30.3 Å². The number of anilines is 2. The van der Waals surface area contributed by atoms with Crippen LogP contribution in [-0.2, 0) is 4.79 Å². The third-order valence-electron chi connectivity index (χ3n) is 4.21. The van der Waals surface area contributed by atoms with Crippen molar-refractivity contribution in [3.8, 4) is 39.0 Å². The van der Waals surface area contributed by atoms with Crippen molar-refractivity contribution in [3.63, 3.8) is 0 Å². The van der Waals surface area contributed by atoms with Gasteiger partial charge in [-0.3, -0.25) is 4.79 Å². The van der Waals surface area contributed by atoms with Crippen molar-refractivity contribution in [2.45, 2.75) is 0 Å². The van der Waals surface area contributed by atoms with Crippen LogP contribution in [0.25, 0.3) is 33.3 Å². The standard InChI is InChI=1S/C19H13N5O3S/c20-19-24-23-17(27-19)11-2-1-3-12(6-11)18-22-14(9-28-18)10-4-5-15-13(7-10)21-16(25)8-26-15/h1-7,9H,8H2,(H2,20,24)(H,21,25). The third-order valence-corrected chi connectivity index (χ3v) is 5.10. The Balaban J connectivity index is 1.47. The zero-order chi connectivity index (χ0) is 19.1. The molecule has 5 rings (SSSR count). The summed E-state index contributed by atoms with van der Waals surface area (Å²) in [4.78, 5) is 16.3. The molecule has 2 aromatic heterocycles. The summed E-state index contributed by atoms with van der Waals surface area (Å²) in [5, 5.41) is 13.2. The van der Waals surface area contributed by atoms with Crippen LogP contribution in [0.2, 0.25) is 0 Å². The van der Waals surface area contributed by atoms with E-state index < -0.39 is 0 Å². The summed E-state index contributed by atoms with van der Waals surface area (Å²) in [6.07, 6.45) is 0. The van der Waals surface area contributed by atoms with E-state index in [0.717, 1.165) is 27.4 Å². The normalized spacial score (nSPS) is 12.9. The van der Waals surface area contributed by atoms with Crippen LogP contribution in [0.1, 0.15) is 0 Å². The second kappa shape index (κ2) is 6.46. The summed E-state index contributed by atoms with van der Waals surface area (Å²) >= 11 is 1.52. The zero-order valence-corrected chi connectivity index (χ0v) is 15.2. The van der Waals surface area contributed by atoms with Gasteiger partial charge in [0.25, 0.3) is 5.91 Å². The number of aromatic nitrogens is 3. The molecule has 2 aromatic carbocycles. The topological polar surface area (TPSA) is 116 Å². The molecule has 0 saturated heterocycles. The van der Waals surface area contributed by atoms with E-state index in [-0.39, 0.29) is 18.5 Å². The van der Waals surface area contributed by atoms with Gasteiger partial charge in [-0.2, -0.15) is 0 Å². The van der Waals surface area contributed by atoms with E-state index in [2.05, 4.69) is 15.5 Å². The largest absolute Gasteiger partial charge is 0.482 e. The van der Waals surface area contributed by atoms with Gasteiger partial charge in [-0.15, -0.1) is 16.4 Å². The first-order valence-corrected chi connectivity index (χ1v) is 9.26. The summed E-state index contributed by atoms with van der Waals surface area (Å²) < 4.78 is 10.7. The van der Waals surface area contributed by atoms with E-state index in [0.29, 0.717) is 17.3 Å². The molecule has 0 radical (unpaired) electrons. The minimum Gasteiger partial charge on any atom is -0.482 e. The summed E-state index contributed by atoms with van der Waals surface area (Å²) in [6.45, 7) is 0.0369. The van der Waals surface area contributed by atoms with Gasteiger partial charge in [0, 0.05) is 22.1 Å². The number of benzene rings is 2. The van der Waals surface area contributed by atoms with E-state index in [1.807, 2.05) is 47.8 Å². The molecular formula is C19H13N5O3S. The van der Waals surface area contributed by atoms with Crippen molar-refractivity contribution in [3.05, 3.63) is 47.8 Å². The fourth-order valence-electron chi connectivity index (χ4n) is 2.92. The smallest absolute Gasteiger partial charge is 0.313 e. The molecule has 0 unspecified atom stereocenters. The zero-order valence-electron chi connectivity index (χ0n) is 14.4. The van der Waals surface area contributed by atoms with Gasteiger partial charge in [0.15, 0.2) is 6.61 Å². The lowest BCUT2D eigenvalue weighted by Crippen LogP contribution is -2.25.